The minimum atomic E-state index is 0.768. The average Bonchev–Trinajstić information content (AvgIpc) is 2.88. The Morgan fingerprint density at radius 3 is 2.93 bits per heavy atom. The van der Waals surface area contributed by atoms with Gasteiger partial charge < -0.3 is 5.32 Å². The Bertz CT molecular complexity index is 288. The molecule has 0 aliphatic heterocycles. The van der Waals surface area contributed by atoms with Gasteiger partial charge >= 0.3 is 0 Å². The zero-order valence-electron chi connectivity index (χ0n) is 9.05. The van der Waals surface area contributed by atoms with Crippen LogP contribution in [0.5, 0.6) is 0 Å². The molecule has 1 saturated carbocycles. The third-order valence-electron chi connectivity index (χ3n) is 2.70. The van der Waals surface area contributed by atoms with Gasteiger partial charge in [-0.05, 0) is 55.7 Å². The summed E-state index contributed by atoms with van der Waals surface area (Å²) in [5, 5.41) is 5.88. The van der Waals surface area contributed by atoms with Gasteiger partial charge in [-0.2, -0.15) is 0 Å². The first-order chi connectivity index (χ1) is 6.74. The molecule has 1 aliphatic carbocycles. The highest BCUT2D eigenvalue weighted by molar-refractivity contribution is 7.10. The predicted molar refractivity (Wildman–Crippen MR) is 62.9 cm³/mol. The van der Waals surface area contributed by atoms with Crippen molar-refractivity contribution >= 4 is 11.3 Å². The minimum Gasteiger partial charge on any atom is -0.314 e. The van der Waals surface area contributed by atoms with E-state index in [9.17, 15) is 0 Å². The summed E-state index contributed by atoms with van der Waals surface area (Å²) >= 11 is 1.86. The number of hydrogen-bond donors (Lipinski definition) is 1. The highest BCUT2D eigenvalue weighted by atomic mass is 32.1. The summed E-state index contributed by atoms with van der Waals surface area (Å²) in [4.78, 5) is 1.43. The molecule has 0 amide bonds. The van der Waals surface area contributed by atoms with Crippen LogP contribution in [0.3, 0.4) is 0 Å². The van der Waals surface area contributed by atoms with Crippen molar-refractivity contribution in [1.29, 1.82) is 0 Å². The number of rotatable bonds is 5. The molecular formula is C12H19NS. The van der Waals surface area contributed by atoms with E-state index in [0.717, 1.165) is 12.0 Å². The Morgan fingerprint density at radius 1 is 1.57 bits per heavy atom. The van der Waals surface area contributed by atoms with Crippen LogP contribution in [0.15, 0.2) is 11.4 Å². The number of nitrogens with one attached hydrogen (secondary N) is 1. The third kappa shape index (κ3) is 3.10. The van der Waals surface area contributed by atoms with Crippen LogP contribution in [0.4, 0.5) is 0 Å². The van der Waals surface area contributed by atoms with E-state index >= 15 is 0 Å². The van der Waals surface area contributed by atoms with Gasteiger partial charge in [0.1, 0.15) is 0 Å². The normalized spacial score (nSPS) is 18.4. The summed E-state index contributed by atoms with van der Waals surface area (Å²) in [7, 11) is 0. The molecule has 1 atom stereocenters. The van der Waals surface area contributed by atoms with Crippen LogP contribution in [0, 0.1) is 12.8 Å². The number of aryl methyl sites for hydroxylation is 1. The second-order valence-electron chi connectivity index (χ2n) is 4.56. The summed E-state index contributed by atoms with van der Waals surface area (Å²) in [6.07, 6.45) is 4.01. The standard InChI is InChI=1S/C12H19NS/c1-9(7-13-12-3-4-12)5-11-6-10(2)14-8-11/h6,8-9,12-13H,3-5,7H2,1-2H3. The molecule has 0 radical (unpaired) electrons. The molecule has 0 bridgehead atoms. The molecule has 78 valence electrons. The lowest BCUT2D eigenvalue weighted by Gasteiger charge is -2.10. The van der Waals surface area contributed by atoms with E-state index in [0.29, 0.717) is 0 Å². The first kappa shape index (κ1) is 10.2. The number of thiophene rings is 1. The smallest absolute Gasteiger partial charge is 0.00683 e. The van der Waals surface area contributed by atoms with Crippen LogP contribution in [0.2, 0.25) is 0 Å². The van der Waals surface area contributed by atoms with Crippen LogP contribution < -0.4 is 5.32 Å². The quantitative estimate of drug-likeness (QED) is 0.786. The molecule has 1 heterocycles. The maximum Gasteiger partial charge on any atom is 0.00683 e. The van der Waals surface area contributed by atoms with Gasteiger partial charge in [0.25, 0.3) is 0 Å². The first-order valence-corrected chi connectivity index (χ1v) is 6.39. The zero-order chi connectivity index (χ0) is 9.97. The van der Waals surface area contributed by atoms with Crippen LogP contribution in [-0.2, 0) is 6.42 Å². The minimum absolute atomic E-state index is 0.768. The van der Waals surface area contributed by atoms with Gasteiger partial charge in [-0.1, -0.05) is 6.92 Å². The van der Waals surface area contributed by atoms with Crippen molar-refractivity contribution in [3.63, 3.8) is 0 Å². The zero-order valence-corrected chi connectivity index (χ0v) is 9.86. The molecule has 1 N–H and O–H groups in total. The van der Waals surface area contributed by atoms with E-state index in [1.807, 2.05) is 11.3 Å². The van der Waals surface area contributed by atoms with E-state index in [1.165, 1.54) is 36.2 Å². The Labute approximate surface area is 90.5 Å². The summed E-state index contributed by atoms with van der Waals surface area (Å²) in [5.41, 5.74) is 1.51. The predicted octanol–water partition coefficient (Wildman–Crippen LogP) is 2.99. The lowest BCUT2D eigenvalue weighted by molar-refractivity contribution is 0.509. The van der Waals surface area contributed by atoms with Crippen LogP contribution in [-0.4, -0.2) is 12.6 Å². The van der Waals surface area contributed by atoms with Gasteiger partial charge in [0, 0.05) is 10.9 Å². The summed E-state index contributed by atoms with van der Waals surface area (Å²) in [6, 6.07) is 3.17. The maximum absolute atomic E-state index is 3.59. The molecule has 1 nitrogen and oxygen atoms in total. The van der Waals surface area contributed by atoms with Gasteiger partial charge in [-0.3, -0.25) is 0 Å². The SMILES string of the molecule is Cc1cc(CC(C)CNC2CC2)cs1. The van der Waals surface area contributed by atoms with Crippen molar-refractivity contribution in [1.82, 2.24) is 5.32 Å². The molecule has 1 fully saturated rings. The molecule has 14 heavy (non-hydrogen) atoms. The van der Waals surface area contributed by atoms with Crippen LogP contribution in [0.1, 0.15) is 30.2 Å². The third-order valence-corrected chi connectivity index (χ3v) is 3.61. The fourth-order valence-electron chi connectivity index (χ4n) is 1.73. The van der Waals surface area contributed by atoms with Crippen LogP contribution >= 0.6 is 11.3 Å². The Balaban J connectivity index is 1.72. The second kappa shape index (κ2) is 4.45. The molecule has 2 rings (SSSR count). The fraction of sp³-hybridized carbons (Fsp3) is 0.667. The van der Waals surface area contributed by atoms with Gasteiger partial charge in [-0.15, -0.1) is 11.3 Å². The molecule has 1 aromatic rings. The summed E-state index contributed by atoms with van der Waals surface area (Å²) in [6.45, 7) is 5.70. The van der Waals surface area contributed by atoms with E-state index in [1.54, 1.807) is 0 Å². The van der Waals surface area contributed by atoms with Crippen molar-refractivity contribution < 1.29 is 0 Å². The van der Waals surface area contributed by atoms with E-state index in [4.69, 9.17) is 0 Å². The van der Waals surface area contributed by atoms with Gasteiger partial charge in [-0.25, -0.2) is 0 Å². The van der Waals surface area contributed by atoms with Crippen molar-refractivity contribution in [2.45, 2.75) is 39.2 Å². The van der Waals surface area contributed by atoms with E-state index in [-0.39, 0.29) is 0 Å². The van der Waals surface area contributed by atoms with Crippen molar-refractivity contribution in [2.24, 2.45) is 5.92 Å². The molecule has 0 aromatic carbocycles. The lowest BCUT2D eigenvalue weighted by atomic mass is 10.0. The van der Waals surface area contributed by atoms with Crippen molar-refractivity contribution in [3.8, 4) is 0 Å². The largest absolute Gasteiger partial charge is 0.314 e. The van der Waals surface area contributed by atoms with Gasteiger partial charge in [0.2, 0.25) is 0 Å². The summed E-state index contributed by atoms with van der Waals surface area (Å²) in [5.74, 6) is 0.768. The van der Waals surface area contributed by atoms with Crippen LogP contribution in [0.25, 0.3) is 0 Å². The summed E-state index contributed by atoms with van der Waals surface area (Å²) < 4.78 is 0. The first-order valence-electron chi connectivity index (χ1n) is 5.51. The second-order valence-corrected chi connectivity index (χ2v) is 5.67. The monoisotopic (exact) mass is 209 g/mol. The molecule has 1 aliphatic rings. The Hall–Kier alpha value is -0.340. The van der Waals surface area contributed by atoms with Gasteiger partial charge in [0.15, 0.2) is 0 Å². The Kier molecular flexibility index (Phi) is 3.24. The van der Waals surface area contributed by atoms with Crippen molar-refractivity contribution in [3.05, 3.63) is 21.9 Å². The topological polar surface area (TPSA) is 12.0 Å². The Morgan fingerprint density at radius 2 is 2.36 bits per heavy atom. The highest BCUT2D eigenvalue weighted by Crippen LogP contribution is 2.20. The van der Waals surface area contributed by atoms with Crippen molar-refractivity contribution in [2.75, 3.05) is 6.54 Å². The molecule has 1 aromatic heterocycles. The molecule has 0 saturated heterocycles. The fourth-order valence-corrected chi connectivity index (χ4v) is 2.46. The lowest BCUT2D eigenvalue weighted by Crippen LogP contribution is -2.24. The number of hydrogen-bond acceptors (Lipinski definition) is 2. The molecule has 1 unspecified atom stereocenters. The average molecular weight is 209 g/mol. The highest BCUT2D eigenvalue weighted by Gasteiger charge is 2.20. The van der Waals surface area contributed by atoms with E-state index < -0.39 is 0 Å². The molecule has 2 heteroatoms. The van der Waals surface area contributed by atoms with Gasteiger partial charge in [0.05, 0.1) is 0 Å². The maximum atomic E-state index is 3.59. The molecule has 0 spiro atoms. The van der Waals surface area contributed by atoms with E-state index in [2.05, 4.69) is 30.6 Å². The molecular weight excluding hydrogens is 190 g/mol.